The average molecular weight is 468 g/mol. The molecule has 2 saturated carbocycles. The van der Waals surface area contributed by atoms with Crippen LogP contribution in [0, 0.1) is 16.7 Å². The van der Waals surface area contributed by atoms with Crippen molar-refractivity contribution in [3.63, 3.8) is 0 Å². The molecule has 5 nitrogen and oxygen atoms in total. The number of carbonyl (C=O) groups is 2. The number of Topliss-reactive ketones (excluding diaryl/α,β-unsaturated/α-hetero) is 1. The fourth-order valence-electron chi connectivity index (χ4n) is 8.42. The first-order valence-electron chi connectivity index (χ1n) is 13.3. The quantitative estimate of drug-likeness (QED) is 0.413. The molecule has 0 amide bonds. The molecule has 0 aromatic heterocycles. The summed E-state index contributed by atoms with van der Waals surface area (Å²) in [4.78, 5) is 30.2. The molecule has 2 aliphatic heterocycles. The SMILES string of the molecule is CCOC(=O)C1(C(=O)CCC2CCCC2)CC2(C)C3Cc4ccc(OC)cc4C2(C)CC1N3C. The number of esters is 1. The van der Waals surface area contributed by atoms with Gasteiger partial charge in [-0.15, -0.1) is 0 Å². The highest BCUT2D eigenvalue weighted by atomic mass is 16.5. The molecular formula is C29H41NO4. The average Bonchev–Trinajstić information content (AvgIpc) is 3.34. The second kappa shape index (κ2) is 8.36. The predicted molar refractivity (Wildman–Crippen MR) is 132 cm³/mol. The molecule has 3 aliphatic carbocycles. The maximum Gasteiger partial charge on any atom is 0.321 e. The number of hydrogen-bond acceptors (Lipinski definition) is 5. The van der Waals surface area contributed by atoms with Crippen LogP contribution in [-0.2, 0) is 26.2 Å². The van der Waals surface area contributed by atoms with Crippen LogP contribution < -0.4 is 4.74 Å². The Kier molecular flexibility index (Phi) is 5.86. The highest BCUT2D eigenvalue weighted by Crippen LogP contribution is 2.68. The van der Waals surface area contributed by atoms with E-state index in [0.717, 1.165) is 25.0 Å². The number of benzene rings is 1. The number of ether oxygens (including phenoxy) is 2. The van der Waals surface area contributed by atoms with Gasteiger partial charge >= 0.3 is 5.97 Å². The summed E-state index contributed by atoms with van der Waals surface area (Å²) >= 11 is 0. The Morgan fingerprint density at radius 1 is 1.15 bits per heavy atom. The van der Waals surface area contributed by atoms with E-state index in [4.69, 9.17) is 9.47 Å². The first kappa shape index (κ1) is 23.8. The first-order chi connectivity index (χ1) is 16.2. The second-order valence-corrected chi connectivity index (χ2v) is 11.9. The van der Waals surface area contributed by atoms with Crippen molar-refractivity contribution in [2.45, 2.75) is 96.1 Å². The van der Waals surface area contributed by atoms with E-state index in [9.17, 15) is 9.59 Å². The van der Waals surface area contributed by atoms with Crippen molar-refractivity contribution in [1.82, 2.24) is 4.90 Å². The van der Waals surface area contributed by atoms with Crippen LogP contribution in [0.2, 0.25) is 0 Å². The number of hydrogen-bond donors (Lipinski definition) is 0. The van der Waals surface area contributed by atoms with Gasteiger partial charge < -0.3 is 9.47 Å². The first-order valence-corrected chi connectivity index (χ1v) is 13.3. The highest BCUT2D eigenvalue weighted by molar-refractivity contribution is 6.05. The lowest BCUT2D eigenvalue weighted by Crippen LogP contribution is -2.78. The fourth-order valence-corrected chi connectivity index (χ4v) is 8.42. The lowest BCUT2D eigenvalue weighted by Gasteiger charge is -2.71. The molecule has 6 rings (SSSR count). The molecule has 1 aromatic carbocycles. The van der Waals surface area contributed by atoms with Crippen LogP contribution in [0.25, 0.3) is 0 Å². The Morgan fingerprint density at radius 3 is 2.56 bits per heavy atom. The predicted octanol–water partition coefficient (Wildman–Crippen LogP) is 5.08. The number of piperidine rings is 2. The topological polar surface area (TPSA) is 55.8 Å². The van der Waals surface area contributed by atoms with Gasteiger partial charge in [0.05, 0.1) is 13.7 Å². The van der Waals surface area contributed by atoms with Crippen molar-refractivity contribution in [2.75, 3.05) is 20.8 Å². The molecule has 5 aliphatic rings. The van der Waals surface area contributed by atoms with E-state index in [-0.39, 0.29) is 28.6 Å². The van der Waals surface area contributed by atoms with Crippen molar-refractivity contribution in [3.8, 4) is 5.75 Å². The standard InChI is InChI=1S/C29H41NO4/c1-6-34-26(32)29(25(31)14-11-19-9-7-8-10-19)18-28(3)23-15-20-12-13-21(33-5)16-22(20)27(28,2)17-24(29)30(23)4/h12-13,16,19,23-24H,6-11,14-15,17-18H2,1-5H3. The van der Waals surface area contributed by atoms with Gasteiger partial charge in [-0.25, -0.2) is 0 Å². The molecule has 0 radical (unpaired) electrons. The van der Waals surface area contributed by atoms with E-state index in [1.165, 1.54) is 36.8 Å². The van der Waals surface area contributed by atoms with Gasteiger partial charge in [-0.2, -0.15) is 0 Å². The Hall–Kier alpha value is -1.88. The van der Waals surface area contributed by atoms with Crippen molar-refractivity contribution in [1.29, 1.82) is 0 Å². The molecule has 5 atom stereocenters. The number of nitrogens with zero attached hydrogens (tertiary/aromatic N) is 1. The lowest BCUT2D eigenvalue weighted by molar-refractivity contribution is -0.208. The van der Waals surface area contributed by atoms with Crippen LogP contribution in [0.4, 0.5) is 0 Å². The number of methoxy groups -OCH3 is 1. The maximum atomic E-state index is 14.1. The Balaban J connectivity index is 1.56. The smallest absolute Gasteiger partial charge is 0.321 e. The number of fused-ring (bicyclic) bond motifs is 2. The van der Waals surface area contributed by atoms with Gasteiger partial charge in [0.1, 0.15) is 11.2 Å². The lowest BCUT2D eigenvalue weighted by atomic mass is 9.39. The van der Waals surface area contributed by atoms with Crippen molar-refractivity contribution < 1.29 is 19.1 Å². The molecule has 1 aromatic rings. The monoisotopic (exact) mass is 467 g/mol. The number of carbonyl (C=O) groups excluding carboxylic acids is 2. The van der Waals surface area contributed by atoms with E-state index in [1.54, 1.807) is 7.11 Å². The third-order valence-electron chi connectivity index (χ3n) is 10.5. The molecule has 4 fully saturated rings. The zero-order valence-electron chi connectivity index (χ0n) is 21.6. The third-order valence-corrected chi connectivity index (χ3v) is 10.5. The molecule has 5 heteroatoms. The molecule has 2 heterocycles. The van der Waals surface area contributed by atoms with Gasteiger partial charge in [0.2, 0.25) is 0 Å². The van der Waals surface area contributed by atoms with Crippen LogP contribution in [-0.4, -0.2) is 49.5 Å². The summed E-state index contributed by atoms with van der Waals surface area (Å²) in [5.41, 5.74) is 1.29. The molecule has 186 valence electrons. The van der Waals surface area contributed by atoms with E-state index in [0.29, 0.717) is 31.4 Å². The Bertz CT molecular complexity index is 984. The van der Waals surface area contributed by atoms with Crippen molar-refractivity contribution in [2.24, 2.45) is 16.7 Å². The van der Waals surface area contributed by atoms with Crippen LogP contribution in [0.1, 0.15) is 83.3 Å². The van der Waals surface area contributed by atoms with Crippen molar-refractivity contribution >= 4 is 11.8 Å². The molecule has 2 saturated heterocycles. The zero-order valence-corrected chi connectivity index (χ0v) is 21.6. The van der Waals surface area contributed by atoms with Gasteiger partial charge in [-0.3, -0.25) is 14.5 Å². The second-order valence-electron chi connectivity index (χ2n) is 11.9. The summed E-state index contributed by atoms with van der Waals surface area (Å²) in [6.45, 7) is 6.84. The summed E-state index contributed by atoms with van der Waals surface area (Å²) in [5, 5.41) is 0. The molecule has 0 spiro atoms. The van der Waals surface area contributed by atoms with Gasteiger partial charge in [-0.1, -0.05) is 45.6 Å². The van der Waals surface area contributed by atoms with E-state index in [2.05, 4.69) is 44.0 Å². The number of ketones is 1. The largest absolute Gasteiger partial charge is 0.497 e. The summed E-state index contributed by atoms with van der Waals surface area (Å²) in [5.74, 6) is 1.34. The number of likely N-dealkylation sites (N-methyl/N-ethyl adjacent to an activating group) is 1. The molecular weight excluding hydrogens is 426 g/mol. The van der Waals surface area contributed by atoms with Gasteiger partial charge in [0.25, 0.3) is 0 Å². The minimum absolute atomic E-state index is 0.118. The van der Waals surface area contributed by atoms with E-state index >= 15 is 0 Å². The Labute approximate surface area is 204 Å². The van der Waals surface area contributed by atoms with Gasteiger partial charge in [0, 0.05) is 23.9 Å². The fraction of sp³-hybridized carbons (Fsp3) is 0.724. The number of rotatable bonds is 7. The van der Waals surface area contributed by atoms with Crippen LogP contribution in [0.15, 0.2) is 18.2 Å². The molecule has 34 heavy (non-hydrogen) atoms. The van der Waals surface area contributed by atoms with Crippen LogP contribution >= 0.6 is 0 Å². The summed E-state index contributed by atoms with van der Waals surface area (Å²) in [6.07, 6.45) is 8.69. The third kappa shape index (κ3) is 3.14. The zero-order chi connectivity index (χ0) is 24.3. The highest BCUT2D eigenvalue weighted by Gasteiger charge is 2.73. The van der Waals surface area contributed by atoms with Crippen LogP contribution in [0.3, 0.4) is 0 Å². The minimum Gasteiger partial charge on any atom is -0.497 e. The molecule has 4 bridgehead atoms. The van der Waals surface area contributed by atoms with E-state index < -0.39 is 5.41 Å². The summed E-state index contributed by atoms with van der Waals surface area (Å²) in [6, 6.07) is 6.62. The van der Waals surface area contributed by atoms with Gasteiger partial charge in [-0.05, 0) is 74.2 Å². The summed E-state index contributed by atoms with van der Waals surface area (Å²) < 4.78 is 11.3. The normalized spacial score (nSPS) is 36.9. The maximum absolute atomic E-state index is 14.1. The minimum atomic E-state index is -1.06. The van der Waals surface area contributed by atoms with E-state index in [1.807, 2.05) is 6.92 Å². The molecule has 0 N–H and O–H groups in total. The molecule has 5 unspecified atom stereocenters. The van der Waals surface area contributed by atoms with Crippen LogP contribution in [0.5, 0.6) is 5.75 Å². The Morgan fingerprint density at radius 2 is 1.88 bits per heavy atom. The van der Waals surface area contributed by atoms with Gasteiger partial charge in [0.15, 0.2) is 5.78 Å². The summed E-state index contributed by atoms with van der Waals surface area (Å²) in [7, 11) is 3.85. The van der Waals surface area contributed by atoms with Crippen molar-refractivity contribution in [3.05, 3.63) is 29.3 Å².